The van der Waals surface area contributed by atoms with E-state index in [2.05, 4.69) is 106 Å². The van der Waals surface area contributed by atoms with E-state index in [-0.39, 0.29) is 25.2 Å². The van der Waals surface area contributed by atoms with Crippen molar-refractivity contribution in [1.29, 1.82) is 0 Å². The molecule has 0 aromatic rings. The third-order valence-electron chi connectivity index (χ3n) is 12.4. The van der Waals surface area contributed by atoms with Crippen LogP contribution in [0.5, 0.6) is 0 Å². The molecule has 0 saturated heterocycles. The van der Waals surface area contributed by atoms with Crippen LogP contribution >= 0.6 is 0 Å². The standard InChI is InChI=1S/C63H110O5/c1-4-7-10-13-16-19-22-25-28-31-32-34-35-38-41-44-47-50-53-56-62(64)67-60-61(59-66-58-55-52-49-46-43-40-37-30-27-24-21-18-15-12-9-6-3)68-63(65)57-54-51-48-45-42-39-36-33-29-26-23-20-17-14-11-8-5-2/h8-9,11-12,17-18,20-21,26-27,29-30,40,43,61H,4-7,10,13-16,19,22-25,28,31-39,41-42,44-60H2,1-3H3/b11-8-,12-9-,20-17-,21-18-,29-26-,30-27-,43-40-. The Morgan fingerprint density at radius 2 is 0.662 bits per heavy atom. The van der Waals surface area contributed by atoms with Crippen molar-refractivity contribution in [3.63, 3.8) is 0 Å². The number of hydrogen-bond acceptors (Lipinski definition) is 5. The van der Waals surface area contributed by atoms with Crippen LogP contribution in [0.25, 0.3) is 0 Å². The van der Waals surface area contributed by atoms with Crippen LogP contribution in [0.3, 0.4) is 0 Å². The normalized spacial score (nSPS) is 12.8. The second-order valence-corrected chi connectivity index (χ2v) is 19.1. The van der Waals surface area contributed by atoms with E-state index in [1.807, 2.05) is 0 Å². The SMILES string of the molecule is CC/C=C\C/C=C\C/C=C\C/C=C\CCCCCOCC(COC(=O)CCCCCCCCCCCCCCCCCCCCC)OC(=O)CCCCCCCCC/C=C\C/C=C\C/C=C\CC. The van der Waals surface area contributed by atoms with Crippen molar-refractivity contribution < 1.29 is 23.8 Å². The summed E-state index contributed by atoms with van der Waals surface area (Å²) in [6.07, 6.45) is 77.5. The smallest absolute Gasteiger partial charge is 0.306 e. The van der Waals surface area contributed by atoms with Gasteiger partial charge in [0.05, 0.1) is 6.61 Å². The molecule has 0 fully saturated rings. The molecule has 0 heterocycles. The highest BCUT2D eigenvalue weighted by molar-refractivity contribution is 5.70. The lowest BCUT2D eigenvalue weighted by Gasteiger charge is -2.18. The van der Waals surface area contributed by atoms with Crippen molar-refractivity contribution in [2.75, 3.05) is 19.8 Å². The first kappa shape index (κ1) is 65.1. The van der Waals surface area contributed by atoms with Crippen LogP contribution in [-0.4, -0.2) is 37.9 Å². The number of carbonyl (C=O) groups is 2. The lowest BCUT2D eigenvalue weighted by atomic mass is 10.0. The van der Waals surface area contributed by atoms with E-state index in [0.717, 1.165) is 109 Å². The Balaban J connectivity index is 4.31. The molecule has 0 aromatic heterocycles. The molecule has 0 spiro atoms. The van der Waals surface area contributed by atoms with Gasteiger partial charge in [-0.25, -0.2) is 0 Å². The summed E-state index contributed by atoms with van der Waals surface area (Å²) in [4.78, 5) is 25.5. The predicted molar refractivity (Wildman–Crippen MR) is 297 cm³/mol. The van der Waals surface area contributed by atoms with Gasteiger partial charge in [-0.3, -0.25) is 9.59 Å². The van der Waals surface area contributed by atoms with E-state index in [1.54, 1.807) is 0 Å². The van der Waals surface area contributed by atoms with Crippen molar-refractivity contribution in [3.8, 4) is 0 Å². The third-order valence-corrected chi connectivity index (χ3v) is 12.4. The van der Waals surface area contributed by atoms with Gasteiger partial charge in [0.15, 0.2) is 6.10 Å². The molecule has 0 radical (unpaired) electrons. The van der Waals surface area contributed by atoms with E-state index in [4.69, 9.17) is 14.2 Å². The molecular weight excluding hydrogens is 837 g/mol. The molecule has 392 valence electrons. The Kier molecular flexibility index (Phi) is 55.9. The van der Waals surface area contributed by atoms with Gasteiger partial charge in [-0.15, -0.1) is 0 Å². The number of hydrogen-bond donors (Lipinski definition) is 0. The first-order chi connectivity index (χ1) is 33.6. The summed E-state index contributed by atoms with van der Waals surface area (Å²) in [6, 6.07) is 0. The maximum atomic E-state index is 12.9. The largest absolute Gasteiger partial charge is 0.462 e. The van der Waals surface area contributed by atoms with Crippen molar-refractivity contribution >= 4 is 11.9 Å². The monoisotopic (exact) mass is 947 g/mol. The molecular formula is C63H110O5. The summed E-state index contributed by atoms with van der Waals surface area (Å²) >= 11 is 0. The van der Waals surface area contributed by atoms with E-state index < -0.39 is 6.10 Å². The molecule has 0 aliphatic heterocycles. The maximum Gasteiger partial charge on any atom is 0.306 e. The van der Waals surface area contributed by atoms with E-state index in [0.29, 0.717) is 19.4 Å². The molecule has 0 saturated carbocycles. The highest BCUT2D eigenvalue weighted by atomic mass is 16.6. The van der Waals surface area contributed by atoms with Crippen molar-refractivity contribution in [3.05, 3.63) is 85.1 Å². The Hall–Kier alpha value is -2.92. The Morgan fingerprint density at radius 1 is 0.338 bits per heavy atom. The number of ether oxygens (including phenoxy) is 3. The quantitative estimate of drug-likeness (QED) is 0.0345. The topological polar surface area (TPSA) is 61.8 Å². The predicted octanol–water partition coefficient (Wildman–Crippen LogP) is 20.0. The lowest BCUT2D eigenvalue weighted by Crippen LogP contribution is -2.30. The summed E-state index contributed by atoms with van der Waals surface area (Å²) in [5.74, 6) is -0.418. The second kappa shape index (κ2) is 58.4. The van der Waals surface area contributed by atoms with Gasteiger partial charge in [0.2, 0.25) is 0 Å². The minimum Gasteiger partial charge on any atom is -0.462 e. The van der Waals surface area contributed by atoms with Crippen LogP contribution in [0.15, 0.2) is 85.1 Å². The third kappa shape index (κ3) is 55.7. The molecule has 0 aliphatic carbocycles. The molecule has 5 heteroatoms. The van der Waals surface area contributed by atoms with Gasteiger partial charge in [-0.2, -0.15) is 0 Å². The minimum absolute atomic E-state index is 0.0675. The number of allylic oxidation sites excluding steroid dienone is 14. The lowest BCUT2D eigenvalue weighted by molar-refractivity contribution is -0.163. The fourth-order valence-electron chi connectivity index (χ4n) is 8.16. The molecule has 0 rings (SSSR count). The first-order valence-corrected chi connectivity index (χ1v) is 29.1. The second-order valence-electron chi connectivity index (χ2n) is 19.1. The van der Waals surface area contributed by atoms with E-state index in [9.17, 15) is 9.59 Å². The van der Waals surface area contributed by atoms with E-state index >= 15 is 0 Å². The van der Waals surface area contributed by atoms with Gasteiger partial charge in [0, 0.05) is 19.4 Å². The fourth-order valence-corrected chi connectivity index (χ4v) is 8.16. The van der Waals surface area contributed by atoms with Crippen molar-refractivity contribution in [2.45, 2.75) is 284 Å². The molecule has 0 aliphatic rings. The van der Waals surface area contributed by atoms with Gasteiger partial charge < -0.3 is 14.2 Å². The number of rotatable bonds is 53. The van der Waals surface area contributed by atoms with Gasteiger partial charge in [-0.1, -0.05) is 260 Å². The zero-order valence-corrected chi connectivity index (χ0v) is 45.1. The zero-order valence-electron chi connectivity index (χ0n) is 45.1. The van der Waals surface area contributed by atoms with Gasteiger partial charge in [0.25, 0.3) is 0 Å². The summed E-state index contributed by atoms with van der Waals surface area (Å²) in [6.45, 7) is 7.56. The molecule has 1 unspecified atom stereocenters. The average Bonchev–Trinajstić information content (AvgIpc) is 3.34. The van der Waals surface area contributed by atoms with Crippen LogP contribution < -0.4 is 0 Å². The minimum atomic E-state index is -0.561. The van der Waals surface area contributed by atoms with Gasteiger partial charge >= 0.3 is 11.9 Å². The summed E-state index contributed by atoms with van der Waals surface area (Å²) < 4.78 is 17.5. The molecule has 1 atom stereocenters. The molecule has 0 aromatic carbocycles. The number of esters is 2. The van der Waals surface area contributed by atoms with Gasteiger partial charge in [-0.05, 0) is 89.9 Å². The van der Waals surface area contributed by atoms with Gasteiger partial charge in [0.1, 0.15) is 6.61 Å². The summed E-state index contributed by atoms with van der Waals surface area (Å²) in [7, 11) is 0. The molecule has 0 N–H and O–H groups in total. The molecule has 0 amide bonds. The van der Waals surface area contributed by atoms with Crippen LogP contribution in [0.4, 0.5) is 0 Å². The summed E-state index contributed by atoms with van der Waals surface area (Å²) in [5, 5.41) is 0. The summed E-state index contributed by atoms with van der Waals surface area (Å²) in [5.41, 5.74) is 0. The molecule has 68 heavy (non-hydrogen) atoms. The molecule has 0 bridgehead atoms. The van der Waals surface area contributed by atoms with E-state index in [1.165, 1.54) is 135 Å². The maximum absolute atomic E-state index is 12.9. The molecule has 5 nitrogen and oxygen atoms in total. The van der Waals surface area contributed by atoms with Crippen LogP contribution in [-0.2, 0) is 23.8 Å². The number of unbranched alkanes of at least 4 members (excludes halogenated alkanes) is 28. The van der Waals surface area contributed by atoms with Crippen molar-refractivity contribution in [2.24, 2.45) is 0 Å². The first-order valence-electron chi connectivity index (χ1n) is 29.1. The number of carbonyl (C=O) groups excluding carboxylic acids is 2. The fraction of sp³-hybridized carbons (Fsp3) is 0.746. The Morgan fingerprint density at radius 3 is 1.06 bits per heavy atom. The van der Waals surface area contributed by atoms with Crippen LogP contribution in [0.2, 0.25) is 0 Å². The highest BCUT2D eigenvalue weighted by Crippen LogP contribution is 2.16. The zero-order chi connectivity index (χ0) is 49.2. The van der Waals surface area contributed by atoms with Crippen LogP contribution in [0, 0.1) is 0 Å². The Bertz CT molecular complexity index is 1250. The van der Waals surface area contributed by atoms with Crippen LogP contribution in [0.1, 0.15) is 278 Å². The Labute approximate surface area is 422 Å². The average molecular weight is 948 g/mol. The highest BCUT2D eigenvalue weighted by Gasteiger charge is 2.17. The van der Waals surface area contributed by atoms with Crippen molar-refractivity contribution in [1.82, 2.24) is 0 Å².